The highest BCUT2D eigenvalue weighted by atomic mass is 32.2. The van der Waals surface area contributed by atoms with E-state index in [-0.39, 0.29) is 17.0 Å². The normalized spacial score (nSPS) is 11.4. The van der Waals surface area contributed by atoms with Crippen molar-refractivity contribution in [2.45, 2.75) is 18.2 Å². The van der Waals surface area contributed by atoms with E-state index in [4.69, 9.17) is 9.84 Å². The molecule has 1 aromatic rings. The number of aromatic carboxylic acids is 1. The van der Waals surface area contributed by atoms with Crippen LogP contribution in [0.5, 0.6) is 0 Å². The molecule has 0 aliphatic rings. The van der Waals surface area contributed by atoms with Crippen LogP contribution in [0.15, 0.2) is 29.2 Å². The minimum absolute atomic E-state index is 0.0499. The van der Waals surface area contributed by atoms with Crippen LogP contribution in [0.1, 0.15) is 23.7 Å². The van der Waals surface area contributed by atoms with E-state index in [2.05, 4.69) is 4.72 Å². The number of carboxylic acids is 1. The zero-order valence-electron chi connectivity index (χ0n) is 10.6. The number of rotatable bonds is 8. The third kappa shape index (κ3) is 4.98. The number of sulfonamides is 1. The first-order valence-electron chi connectivity index (χ1n) is 5.88. The highest BCUT2D eigenvalue weighted by Crippen LogP contribution is 2.10. The van der Waals surface area contributed by atoms with Gasteiger partial charge in [0.1, 0.15) is 0 Å². The van der Waals surface area contributed by atoms with Crippen molar-refractivity contribution in [3.05, 3.63) is 29.8 Å². The van der Waals surface area contributed by atoms with Crippen LogP contribution < -0.4 is 4.72 Å². The van der Waals surface area contributed by atoms with Gasteiger partial charge in [-0.15, -0.1) is 0 Å². The Morgan fingerprint density at radius 3 is 2.47 bits per heavy atom. The Morgan fingerprint density at radius 1 is 1.32 bits per heavy atom. The van der Waals surface area contributed by atoms with Gasteiger partial charge >= 0.3 is 5.97 Å². The number of ether oxygens (including phenoxy) is 1. The molecular weight excluding hydrogens is 270 g/mol. The molecule has 0 unspecified atom stereocenters. The first-order chi connectivity index (χ1) is 8.97. The number of carboxylic acid groups (broad SMARTS) is 1. The van der Waals surface area contributed by atoms with Crippen LogP contribution in [0.2, 0.25) is 0 Å². The van der Waals surface area contributed by atoms with Crippen molar-refractivity contribution < 1.29 is 23.1 Å². The Morgan fingerprint density at radius 2 is 1.95 bits per heavy atom. The molecule has 0 spiro atoms. The predicted molar refractivity (Wildman–Crippen MR) is 69.7 cm³/mol. The minimum Gasteiger partial charge on any atom is -0.478 e. The first-order valence-corrected chi connectivity index (χ1v) is 7.36. The van der Waals surface area contributed by atoms with Crippen molar-refractivity contribution in [1.29, 1.82) is 0 Å². The lowest BCUT2D eigenvalue weighted by atomic mass is 10.2. The zero-order chi connectivity index (χ0) is 14.3. The molecule has 0 aromatic heterocycles. The van der Waals surface area contributed by atoms with Crippen LogP contribution in [0.4, 0.5) is 0 Å². The van der Waals surface area contributed by atoms with E-state index in [0.717, 1.165) is 0 Å². The Labute approximate surface area is 112 Å². The van der Waals surface area contributed by atoms with Crippen LogP contribution in [-0.4, -0.2) is 39.3 Å². The van der Waals surface area contributed by atoms with Crippen LogP contribution in [-0.2, 0) is 14.8 Å². The Bertz CT molecular complexity index is 509. The van der Waals surface area contributed by atoms with E-state index in [1.165, 1.54) is 24.3 Å². The lowest BCUT2D eigenvalue weighted by molar-refractivity contribution is 0.0696. The van der Waals surface area contributed by atoms with Crippen molar-refractivity contribution >= 4 is 16.0 Å². The summed E-state index contributed by atoms with van der Waals surface area (Å²) >= 11 is 0. The Kier molecular flexibility index (Phi) is 5.94. The molecule has 1 rings (SSSR count). The molecule has 0 heterocycles. The summed E-state index contributed by atoms with van der Waals surface area (Å²) in [7, 11) is -3.59. The lowest BCUT2D eigenvalue weighted by Crippen LogP contribution is -2.25. The van der Waals surface area contributed by atoms with Gasteiger partial charge in [-0.25, -0.2) is 17.9 Å². The number of hydrogen-bond acceptors (Lipinski definition) is 4. The maximum atomic E-state index is 11.8. The van der Waals surface area contributed by atoms with Gasteiger partial charge < -0.3 is 9.84 Å². The van der Waals surface area contributed by atoms with Gasteiger partial charge in [-0.05, 0) is 37.6 Å². The van der Waals surface area contributed by atoms with Crippen LogP contribution >= 0.6 is 0 Å². The molecule has 0 saturated heterocycles. The van der Waals surface area contributed by atoms with Gasteiger partial charge in [-0.3, -0.25) is 0 Å². The van der Waals surface area contributed by atoms with E-state index in [0.29, 0.717) is 19.6 Å². The first kappa shape index (κ1) is 15.6. The summed E-state index contributed by atoms with van der Waals surface area (Å²) in [5.74, 6) is -1.09. The van der Waals surface area contributed by atoms with Crippen molar-refractivity contribution in [2.75, 3.05) is 19.8 Å². The predicted octanol–water partition coefficient (Wildman–Crippen LogP) is 1.09. The smallest absolute Gasteiger partial charge is 0.335 e. The molecule has 0 bridgehead atoms. The summed E-state index contributed by atoms with van der Waals surface area (Å²) < 4.78 is 31.2. The average molecular weight is 287 g/mol. The molecule has 0 aliphatic carbocycles. The fraction of sp³-hybridized carbons (Fsp3) is 0.417. The van der Waals surface area contributed by atoms with Crippen molar-refractivity contribution in [3.63, 3.8) is 0 Å². The maximum Gasteiger partial charge on any atom is 0.335 e. The second kappa shape index (κ2) is 7.22. The Hall–Kier alpha value is -1.44. The van der Waals surface area contributed by atoms with Crippen LogP contribution in [0.3, 0.4) is 0 Å². The fourth-order valence-electron chi connectivity index (χ4n) is 1.39. The average Bonchev–Trinajstić information content (AvgIpc) is 2.38. The highest BCUT2D eigenvalue weighted by molar-refractivity contribution is 7.89. The van der Waals surface area contributed by atoms with Gasteiger partial charge in [0, 0.05) is 19.8 Å². The molecule has 0 saturated carbocycles. The second-order valence-corrected chi connectivity index (χ2v) is 5.54. The second-order valence-electron chi connectivity index (χ2n) is 3.78. The summed E-state index contributed by atoms with van der Waals surface area (Å²) in [5, 5.41) is 8.72. The molecule has 0 radical (unpaired) electrons. The van der Waals surface area contributed by atoms with E-state index in [9.17, 15) is 13.2 Å². The lowest BCUT2D eigenvalue weighted by Gasteiger charge is -2.07. The third-order valence-corrected chi connectivity index (χ3v) is 3.85. The topological polar surface area (TPSA) is 92.7 Å². The number of hydrogen-bond donors (Lipinski definition) is 2. The summed E-state index contributed by atoms with van der Waals surface area (Å²) in [6.45, 7) is 3.25. The molecule has 7 heteroatoms. The molecule has 2 N–H and O–H groups in total. The molecule has 1 aromatic carbocycles. The third-order valence-electron chi connectivity index (χ3n) is 2.37. The number of benzene rings is 1. The van der Waals surface area contributed by atoms with E-state index < -0.39 is 16.0 Å². The van der Waals surface area contributed by atoms with Crippen molar-refractivity contribution in [2.24, 2.45) is 0 Å². The van der Waals surface area contributed by atoms with E-state index >= 15 is 0 Å². The Balaban J connectivity index is 2.59. The molecule has 0 atom stereocenters. The molecular formula is C12H17NO5S. The molecule has 19 heavy (non-hydrogen) atoms. The molecule has 0 fully saturated rings. The molecule has 0 amide bonds. The molecule has 0 aliphatic heterocycles. The van der Waals surface area contributed by atoms with Crippen LogP contribution in [0.25, 0.3) is 0 Å². The maximum absolute atomic E-state index is 11.8. The largest absolute Gasteiger partial charge is 0.478 e. The van der Waals surface area contributed by atoms with E-state index in [1.807, 2.05) is 6.92 Å². The quantitative estimate of drug-likeness (QED) is 0.698. The van der Waals surface area contributed by atoms with Gasteiger partial charge in [0.05, 0.1) is 10.5 Å². The molecule has 6 nitrogen and oxygen atoms in total. The van der Waals surface area contributed by atoms with Gasteiger partial charge in [-0.1, -0.05) is 0 Å². The zero-order valence-corrected chi connectivity index (χ0v) is 11.4. The van der Waals surface area contributed by atoms with E-state index in [1.54, 1.807) is 0 Å². The minimum atomic E-state index is -3.59. The summed E-state index contributed by atoms with van der Waals surface area (Å²) in [5.41, 5.74) is 0.0512. The van der Waals surface area contributed by atoms with Gasteiger partial charge in [0.25, 0.3) is 0 Å². The standard InChI is InChI=1S/C12H17NO5S/c1-2-18-9-3-8-13-19(16,17)11-6-4-10(5-7-11)12(14)15/h4-7,13H,2-3,8-9H2,1H3,(H,14,15). The monoisotopic (exact) mass is 287 g/mol. The van der Waals surface area contributed by atoms with Gasteiger partial charge in [-0.2, -0.15) is 0 Å². The summed E-state index contributed by atoms with van der Waals surface area (Å²) in [4.78, 5) is 10.7. The summed E-state index contributed by atoms with van der Waals surface area (Å²) in [6, 6.07) is 5.07. The van der Waals surface area contributed by atoms with Crippen molar-refractivity contribution in [3.8, 4) is 0 Å². The fourth-order valence-corrected chi connectivity index (χ4v) is 2.46. The van der Waals surface area contributed by atoms with Gasteiger partial charge in [0.15, 0.2) is 0 Å². The van der Waals surface area contributed by atoms with Crippen LogP contribution in [0, 0.1) is 0 Å². The van der Waals surface area contributed by atoms with Gasteiger partial charge in [0.2, 0.25) is 10.0 Å². The highest BCUT2D eigenvalue weighted by Gasteiger charge is 2.13. The number of nitrogens with one attached hydrogen (secondary N) is 1. The number of carbonyl (C=O) groups is 1. The van der Waals surface area contributed by atoms with Crippen molar-refractivity contribution in [1.82, 2.24) is 4.72 Å². The SMILES string of the molecule is CCOCCCNS(=O)(=O)c1ccc(C(=O)O)cc1. The summed E-state index contributed by atoms with van der Waals surface area (Å²) in [6.07, 6.45) is 0.584. The molecule has 106 valence electrons.